The predicted octanol–water partition coefficient (Wildman–Crippen LogP) is 0.603. The van der Waals surface area contributed by atoms with Gasteiger partial charge in [-0.25, -0.2) is 4.79 Å². The van der Waals surface area contributed by atoms with Gasteiger partial charge in [-0.05, 0) is 6.92 Å². The molecule has 1 rings (SSSR count). The minimum Gasteiger partial charge on any atom is -0.445 e. The molecule has 0 saturated carbocycles. The molecule has 0 aromatic carbocycles. The number of nitrogens with one attached hydrogen (secondary N) is 1. The van der Waals surface area contributed by atoms with Gasteiger partial charge in [0.15, 0.2) is 0 Å². The number of carbonyl (C=O) groups is 1. The van der Waals surface area contributed by atoms with Crippen molar-refractivity contribution in [3.8, 4) is 0 Å². The van der Waals surface area contributed by atoms with Gasteiger partial charge in [0.1, 0.15) is 6.61 Å². The summed E-state index contributed by atoms with van der Waals surface area (Å²) in [6.45, 7) is 8.17. The number of hydrogen-bond donors (Lipinski definition) is 1. The van der Waals surface area contributed by atoms with Crippen LogP contribution in [0.15, 0.2) is 12.7 Å². The zero-order chi connectivity index (χ0) is 9.68. The van der Waals surface area contributed by atoms with Crippen LogP contribution in [0.4, 0.5) is 4.79 Å². The molecule has 13 heavy (non-hydrogen) atoms. The summed E-state index contributed by atoms with van der Waals surface area (Å²) in [5, 5.41) is 3.21. The van der Waals surface area contributed by atoms with E-state index in [9.17, 15) is 4.79 Å². The van der Waals surface area contributed by atoms with Gasteiger partial charge in [0.2, 0.25) is 0 Å². The van der Waals surface area contributed by atoms with Crippen LogP contribution in [0.2, 0.25) is 0 Å². The van der Waals surface area contributed by atoms with Gasteiger partial charge in [0, 0.05) is 25.7 Å². The minimum atomic E-state index is -0.242. The van der Waals surface area contributed by atoms with E-state index in [2.05, 4.69) is 11.9 Å². The summed E-state index contributed by atoms with van der Waals surface area (Å²) >= 11 is 0. The van der Waals surface area contributed by atoms with Crippen molar-refractivity contribution in [2.24, 2.45) is 0 Å². The Labute approximate surface area is 78.5 Å². The maximum Gasteiger partial charge on any atom is 0.410 e. The van der Waals surface area contributed by atoms with Gasteiger partial charge in [-0.1, -0.05) is 12.7 Å². The molecule has 1 aliphatic heterocycles. The fourth-order valence-electron chi connectivity index (χ4n) is 1.33. The lowest BCUT2D eigenvalue weighted by Gasteiger charge is -2.32. The van der Waals surface area contributed by atoms with Crippen molar-refractivity contribution in [3.05, 3.63) is 12.7 Å². The van der Waals surface area contributed by atoms with E-state index in [4.69, 9.17) is 4.74 Å². The predicted molar refractivity (Wildman–Crippen MR) is 50.6 cm³/mol. The minimum absolute atomic E-state index is 0.214. The Kier molecular flexibility index (Phi) is 3.76. The van der Waals surface area contributed by atoms with E-state index in [-0.39, 0.29) is 18.7 Å². The van der Waals surface area contributed by atoms with Crippen molar-refractivity contribution < 1.29 is 9.53 Å². The van der Waals surface area contributed by atoms with Crippen molar-refractivity contribution in [3.63, 3.8) is 0 Å². The average Bonchev–Trinajstić information content (AvgIpc) is 2.15. The van der Waals surface area contributed by atoms with Gasteiger partial charge in [-0.3, -0.25) is 0 Å². The summed E-state index contributed by atoms with van der Waals surface area (Å²) in [4.78, 5) is 13.1. The van der Waals surface area contributed by atoms with Crippen LogP contribution in [0, 0.1) is 0 Å². The topological polar surface area (TPSA) is 41.6 Å². The number of rotatable bonds is 2. The molecule has 1 heterocycles. The van der Waals surface area contributed by atoms with Gasteiger partial charge in [-0.15, -0.1) is 0 Å². The quantitative estimate of drug-likeness (QED) is 0.639. The molecule has 0 unspecified atom stereocenters. The summed E-state index contributed by atoms with van der Waals surface area (Å²) in [6, 6.07) is 0.214. The van der Waals surface area contributed by atoms with Gasteiger partial charge in [-0.2, -0.15) is 0 Å². The largest absolute Gasteiger partial charge is 0.445 e. The van der Waals surface area contributed by atoms with Crippen LogP contribution in [0.1, 0.15) is 6.92 Å². The van der Waals surface area contributed by atoms with Crippen molar-refractivity contribution >= 4 is 6.09 Å². The van der Waals surface area contributed by atoms with Crippen LogP contribution in [0.5, 0.6) is 0 Å². The third-order valence-corrected chi connectivity index (χ3v) is 2.06. The van der Waals surface area contributed by atoms with Gasteiger partial charge in [0.05, 0.1) is 0 Å². The fraction of sp³-hybridized carbons (Fsp3) is 0.667. The molecule has 1 N–H and O–H groups in total. The number of nitrogens with zero attached hydrogens (tertiary/aromatic N) is 1. The van der Waals surface area contributed by atoms with Crippen molar-refractivity contribution in [2.75, 3.05) is 26.2 Å². The molecule has 0 bridgehead atoms. The molecule has 74 valence electrons. The Morgan fingerprint density at radius 1 is 1.85 bits per heavy atom. The monoisotopic (exact) mass is 184 g/mol. The highest BCUT2D eigenvalue weighted by Gasteiger charge is 2.23. The van der Waals surface area contributed by atoms with E-state index in [1.807, 2.05) is 6.92 Å². The Morgan fingerprint density at radius 3 is 3.23 bits per heavy atom. The summed E-state index contributed by atoms with van der Waals surface area (Å²) in [5.41, 5.74) is 0. The first-order chi connectivity index (χ1) is 6.25. The molecule has 4 nitrogen and oxygen atoms in total. The first-order valence-electron chi connectivity index (χ1n) is 4.50. The SMILES string of the molecule is C=CCOC(=O)N1CCNC[C@H]1C. The molecule has 1 aliphatic rings. The second kappa shape index (κ2) is 4.87. The summed E-state index contributed by atoms with van der Waals surface area (Å²) in [6.07, 6.45) is 1.33. The molecule has 1 amide bonds. The Hall–Kier alpha value is -1.03. The Bertz CT molecular complexity index is 194. The van der Waals surface area contributed by atoms with Crippen molar-refractivity contribution in [2.45, 2.75) is 13.0 Å². The molecule has 1 atom stereocenters. The van der Waals surface area contributed by atoms with Crippen LogP contribution < -0.4 is 5.32 Å². The molecular weight excluding hydrogens is 168 g/mol. The Morgan fingerprint density at radius 2 is 2.62 bits per heavy atom. The highest BCUT2D eigenvalue weighted by atomic mass is 16.6. The van der Waals surface area contributed by atoms with E-state index in [0.717, 1.165) is 19.6 Å². The second-order valence-electron chi connectivity index (χ2n) is 3.11. The van der Waals surface area contributed by atoms with Crippen molar-refractivity contribution in [1.29, 1.82) is 0 Å². The third-order valence-electron chi connectivity index (χ3n) is 2.06. The van der Waals surface area contributed by atoms with E-state index < -0.39 is 0 Å². The van der Waals surface area contributed by atoms with Gasteiger partial charge >= 0.3 is 6.09 Å². The second-order valence-corrected chi connectivity index (χ2v) is 3.11. The number of ether oxygens (including phenoxy) is 1. The Balaban J connectivity index is 2.39. The molecule has 0 aromatic rings. The van der Waals surface area contributed by atoms with E-state index in [1.165, 1.54) is 0 Å². The summed E-state index contributed by atoms with van der Waals surface area (Å²) in [5.74, 6) is 0. The van der Waals surface area contributed by atoms with Crippen molar-refractivity contribution in [1.82, 2.24) is 10.2 Å². The van der Waals surface area contributed by atoms with Crippen LogP contribution in [0.25, 0.3) is 0 Å². The third kappa shape index (κ3) is 2.73. The lowest BCUT2D eigenvalue weighted by atomic mass is 10.2. The lowest BCUT2D eigenvalue weighted by molar-refractivity contribution is 0.0896. The first-order valence-corrected chi connectivity index (χ1v) is 4.50. The smallest absolute Gasteiger partial charge is 0.410 e. The van der Waals surface area contributed by atoms with E-state index >= 15 is 0 Å². The summed E-state index contributed by atoms with van der Waals surface area (Å²) < 4.78 is 4.94. The molecule has 0 aromatic heterocycles. The number of carbonyl (C=O) groups excluding carboxylic acids is 1. The van der Waals surface area contributed by atoms with E-state index in [1.54, 1.807) is 11.0 Å². The fourth-order valence-corrected chi connectivity index (χ4v) is 1.33. The van der Waals surface area contributed by atoms with Crippen LogP contribution in [0.3, 0.4) is 0 Å². The van der Waals surface area contributed by atoms with Gasteiger partial charge in [0.25, 0.3) is 0 Å². The van der Waals surface area contributed by atoms with E-state index in [0.29, 0.717) is 0 Å². The number of amides is 1. The van der Waals surface area contributed by atoms with Crippen LogP contribution >= 0.6 is 0 Å². The number of hydrogen-bond acceptors (Lipinski definition) is 3. The molecule has 0 spiro atoms. The maximum atomic E-state index is 11.4. The first kappa shape index (κ1) is 10.1. The zero-order valence-electron chi connectivity index (χ0n) is 7.95. The zero-order valence-corrected chi connectivity index (χ0v) is 7.95. The molecule has 0 aliphatic carbocycles. The lowest BCUT2D eigenvalue weighted by Crippen LogP contribution is -2.52. The van der Waals surface area contributed by atoms with Gasteiger partial charge < -0.3 is 15.0 Å². The number of piperazine rings is 1. The molecular formula is C9H16N2O2. The normalized spacial score (nSPS) is 22.5. The standard InChI is InChI=1S/C9H16N2O2/c1-3-6-13-9(12)11-5-4-10-7-8(11)2/h3,8,10H,1,4-7H2,2H3/t8-/m1/s1. The molecule has 4 heteroatoms. The highest BCUT2D eigenvalue weighted by molar-refractivity contribution is 5.68. The average molecular weight is 184 g/mol. The van der Waals surface area contributed by atoms with Crippen LogP contribution in [-0.4, -0.2) is 43.3 Å². The molecule has 1 fully saturated rings. The molecule has 0 radical (unpaired) electrons. The maximum absolute atomic E-state index is 11.4. The highest BCUT2D eigenvalue weighted by Crippen LogP contribution is 2.04. The van der Waals surface area contributed by atoms with Crippen LogP contribution in [-0.2, 0) is 4.74 Å². The molecule has 1 saturated heterocycles. The summed E-state index contributed by atoms with van der Waals surface area (Å²) in [7, 11) is 0.